The van der Waals surface area contributed by atoms with Crippen LogP contribution in [0.5, 0.6) is 0 Å². The molecule has 0 radical (unpaired) electrons. The lowest BCUT2D eigenvalue weighted by molar-refractivity contribution is 0.474. The van der Waals surface area contributed by atoms with Crippen LogP contribution in [0.4, 0.5) is 0 Å². The molecule has 1 saturated carbocycles. The van der Waals surface area contributed by atoms with Crippen LogP contribution in [0.3, 0.4) is 0 Å². The van der Waals surface area contributed by atoms with Gasteiger partial charge in [0.2, 0.25) is 0 Å². The van der Waals surface area contributed by atoms with E-state index in [0.717, 1.165) is 30.7 Å². The molecule has 0 amide bonds. The number of para-hydroxylation sites is 1. The molecule has 6 heteroatoms. The number of aliphatic imine (C=N–C) groups is 1. The molecule has 0 atom stereocenters. The lowest BCUT2D eigenvalue weighted by atomic mass is 10.3. The van der Waals surface area contributed by atoms with Crippen LogP contribution in [0.25, 0.3) is 5.69 Å². The van der Waals surface area contributed by atoms with Gasteiger partial charge in [0.25, 0.3) is 0 Å². The minimum Gasteiger partial charge on any atom is -0.356 e. The van der Waals surface area contributed by atoms with E-state index in [1.54, 1.807) is 0 Å². The predicted molar refractivity (Wildman–Crippen MR) is 109 cm³/mol. The number of guanidine groups is 1. The molecule has 1 aliphatic carbocycles. The number of nitrogens with zero attached hydrogens (tertiary/aromatic N) is 4. The van der Waals surface area contributed by atoms with Gasteiger partial charge in [0.05, 0.1) is 11.9 Å². The highest BCUT2D eigenvalue weighted by Crippen LogP contribution is 2.31. The summed E-state index contributed by atoms with van der Waals surface area (Å²) in [7, 11) is 3.90. The van der Waals surface area contributed by atoms with Gasteiger partial charge in [-0.05, 0) is 24.5 Å². The fourth-order valence-corrected chi connectivity index (χ4v) is 2.69. The molecule has 0 saturated heterocycles. The Morgan fingerprint density at radius 2 is 2.08 bits per heavy atom. The maximum absolute atomic E-state index is 4.45. The fraction of sp³-hybridized carbons (Fsp3) is 0.444. The summed E-state index contributed by atoms with van der Waals surface area (Å²) in [5, 5.41) is 7.90. The first kappa shape index (κ1) is 18.8. The van der Waals surface area contributed by atoms with Crippen molar-refractivity contribution >= 4 is 29.9 Å². The van der Waals surface area contributed by atoms with Gasteiger partial charge in [0.15, 0.2) is 5.96 Å². The molecule has 0 spiro atoms. The van der Waals surface area contributed by atoms with E-state index in [2.05, 4.69) is 45.7 Å². The van der Waals surface area contributed by atoms with Gasteiger partial charge in [-0.2, -0.15) is 5.10 Å². The first-order valence-corrected chi connectivity index (χ1v) is 8.27. The van der Waals surface area contributed by atoms with Gasteiger partial charge in [0, 0.05) is 38.9 Å². The molecule has 0 unspecified atom stereocenters. The number of rotatable bonds is 6. The normalized spacial score (nSPS) is 14.2. The van der Waals surface area contributed by atoms with Crippen LogP contribution in [0.1, 0.15) is 24.8 Å². The van der Waals surface area contributed by atoms with Gasteiger partial charge in [-0.1, -0.05) is 31.0 Å². The maximum atomic E-state index is 4.45. The molecule has 2 aromatic rings. The zero-order valence-corrected chi connectivity index (χ0v) is 16.7. The molecular formula is C18H26IN5. The van der Waals surface area contributed by atoms with Crippen LogP contribution in [0, 0.1) is 5.92 Å². The van der Waals surface area contributed by atoms with Crippen molar-refractivity contribution in [2.24, 2.45) is 10.9 Å². The molecule has 1 N–H and O–H groups in total. The summed E-state index contributed by atoms with van der Waals surface area (Å²) >= 11 is 0. The van der Waals surface area contributed by atoms with Crippen LogP contribution in [0.15, 0.2) is 47.7 Å². The van der Waals surface area contributed by atoms with E-state index in [1.165, 1.54) is 24.8 Å². The molecule has 1 aliphatic rings. The Bertz CT molecular complexity index is 648. The Hall–Kier alpha value is -1.57. The summed E-state index contributed by atoms with van der Waals surface area (Å²) < 4.78 is 1.91. The van der Waals surface area contributed by atoms with Crippen LogP contribution < -0.4 is 5.32 Å². The van der Waals surface area contributed by atoms with Crippen molar-refractivity contribution in [1.29, 1.82) is 0 Å². The first-order chi connectivity index (χ1) is 11.3. The standard InChI is InChI=1S/C18H25N5.HI/c1-19-18(20-11-10-15-8-9-15)22(2)13-16-12-21-23(14-16)17-6-4-3-5-7-17;/h3-7,12,14-15H,8-11,13H2,1-2H3,(H,19,20);1H. The number of nitrogens with one attached hydrogen (secondary N) is 1. The van der Waals surface area contributed by atoms with E-state index >= 15 is 0 Å². The van der Waals surface area contributed by atoms with Gasteiger partial charge in [-0.3, -0.25) is 4.99 Å². The van der Waals surface area contributed by atoms with Gasteiger partial charge < -0.3 is 10.2 Å². The van der Waals surface area contributed by atoms with Crippen LogP contribution in [-0.4, -0.2) is 41.3 Å². The van der Waals surface area contributed by atoms with E-state index < -0.39 is 0 Å². The zero-order valence-electron chi connectivity index (χ0n) is 14.4. The predicted octanol–water partition coefficient (Wildman–Crippen LogP) is 3.30. The molecule has 0 bridgehead atoms. The molecule has 1 aromatic carbocycles. The Kier molecular flexibility index (Phi) is 7.08. The van der Waals surface area contributed by atoms with E-state index in [4.69, 9.17) is 0 Å². The van der Waals surface area contributed by atoms with Crippen molar-refractivity contribution in [3.05, 3.63) is 48.3 Å². The SMILES string of the molecule is CN=C(NCCC1CC1)N(C)Cc1cnn(-c2ccccc2)c1.I. The molecule has 5 nitrogen and oxygen atoms in total. The van der Waals surface area contributed by atoms with Crippen molar-refractivity contribution in [3.63, 3.8) is 0 Å². The van der Waals surface area contributed by atoms with Crippen molar-refractivity contribution in [2.75, 3.05) is 20.6 Å². The summed E-state index contributed by atoms with van der Waals surface area (Å²) in [6.45, 7) is 1.79. The Labute approximate surface area is 161 Å². The highest BCUT2D eigenvalue weighted by molar-refractivity contribution is 14.0. The maximum Gasteiger partial charge on any atom is 0.193 e. The summed E-state index contributed by atoms with van der Waals surface area (Å²) in [6, 6.07) is 10.2. The Balaban J connectivity index is 0.00000208. The van der Waals surface area contributed by atoms with Gasteiger partial charge in [-0.15, -0.1) is 24.0 Å². The smallest absolute Gasteiger partial charge is 0.193 e. The van der Waals surface area contributed by atoms with Crippen LogP contribution in [0.2, 0.25) is 0 Å². The number of halogens is 1. The number of hydrogen-bond donors (Lipinski definition) is 1. The summed E-state index contributed by atoms with van der Waals surface area (Å²) in [4.78, 5) is 6.51. The molecular weight excluding hydrogens is 413 g/mol. The molecule has 24 heavy (non-hydrogen) atoms. The molecule has 130 valence electrons. The minimum atomic E-state index is 0. The average Bonchev–Trinajstić information content (AvgIpc) is 3.29. The minimum absolute atomic E-state index is 0. The molecule has 0 aliphatic heterocycles. The molecule has 1 fully saturated rings. The molecule has 3 rings (SSSR count). The zero-order chi connectivity index (χ0) is 16.1. The largest absolute Gasteiger partial charge is 0.356 e. The van der Waals surface area contributed by atoms with E-state index in [0.29, 0.717) is 0 Å². The Morgan fingerprint density at radius 3 is 2.75 bits per heavy atom. The number of hydrogen-bond acceptors (Lipinski definition) is 2. The van der Waals surface area contributed by atoms with E-state index in [9.17, 15) is 0 Å². The average molecular weight is 439 g/mol. The third-order valence-electron chi connectivity index (χ3n) is 4.18. The third kappa shape index (κ3) is 5.22. The summed E-state index contributed by atoms with van der Waals surface area (Å²) in [5.41, 5.74) is 2.25. The lowest BCUT2D eigenvalue weighted by Crippen LogP contribution is -2.38. The van der Waals surface area contributed by atoms with Gasteiger partial charge >= 0.3 is 0 Å². The highest BCUT2D eigenvalue weighted by Gasteiger charge is 2.20. The first-order valence-electron chi connectivity index (χ1n) is 8.27. The second kappa shape index (κ2) is 9.05. The molecule has 1 aromatic heterocycles. The Morgan fingerprint density at radius 1 is 1.33 bits per heavy atom. The summed E-state index contributed by atoms with van der Waals surface area (Å²) in [5.74, 6) is 1.88. The van der Waals surface area contributed by atoms with Crippen molar-refractivity contribution in [2.45, 2.75) is 25.8 Å². The van der Waals surface area contributed by atoms with Crippen molar-refractivity contribution < 1.29 is 0 Å². The van der Waals surface area contributed by atoms with Crippen LogP contribution in [-0.2, 0) is 6.54 Å². The van der Waals surface area contributed by atoms with E-state index in [-0.39, 0.29) is 24.0 Å². The highest BCUT2D eigenvalue weighted by atomic mass is 127. The van der Waals surface area contributed by atoms with Crippen molar-refractivity contribution in [1.82, 2.24) is 20.0 Å². The molecule has 1 heterocycles. The quantitative estimate of drug-likeness (QED) is 0.427. The van der Waals surface area contributed by atoms with Crippen molar-refractivity contribution in [3.8, 4) is 5.69 Å². The number of aromatic nitrogens is 2. The third-order valence-corrected chi connectivity index (χ3v) is 4.18. The second-order valence-electron chi connectivity index (χ2n) is 6.19. The van der Waals surface area contributed by atoms with Gasteiger partial charge in [-0.25, -0.2) is 4.68 Å². The van der Waals surface area contributed by atoms with E-state index in [1.807, 2.05) is 36.1 Å². The van der Waals surface area contributed by atoms with Crippen LogP contribution >= 0.6 is 24.0 Å². The second-order valence-corrected chi connectivity index (χ2v) is 6.19. The topological polar surface area (TPSA) is 45.5 Å². The van der Waals surface area contributed by atoms with Gasteiger partial charge in [0.1, 0.15) is 0 Å². The lowest BCUT2D eigenvalue weighted by Gasteiger charge is -2.21. The number of benzene rings is 1. The fourth-order valence-electron chi connectivity index (χ4n) is 2.69. The monoisotopic (exact) mass is 439 g/mol. The summed E-state index contributed by atoms with van der Waals surface area (Å²) in [6.07, 6.45) is 8.03.